The van der Waals surface area contributed by atoms with Crippen LogP contribution in [0.4, 0.5) is 0 Å². The van der Waals surface area contributed by atoms with E-state index in [2.05, 4.69) is 12.6 Å². The summed E-state index contributed by atoms with van der Waals surface area (Å²) >= 11 is 5.46. The first-order valence-electron chi connectivity index (χ1n) is 4.47. The molecule has 1 aliphatic rings. The summed E-state index contributed by atoms with van der Waals surface area (Å²) in [6, 6.07) is 1.27. The Hall–Kier alpha value is -1.01. The lowest BCUT2D eigenvalue weighted by Gasteiger charge is -2.38. The lowest BCUT2D eigenvalue weighted by molar-refractivity contribution is -0.125. The normalized spacial score (nSPS) is 19.8. The van der Waals surface area contributed by atoms with Crippen LogP contribution in [-0.2, 0) is 4.79 Å². The molecular formula is C9H10N2O2S2. The summed E-state index contributed by atoms with van der Waals surface area (Å²) in [7, 11) is 0. The molecule has 0 spiro atoms. The Morgan fingerprint density at radius 2 is 2.33 bits per heavy atom. The minimum absolute atomic E-state index is 0.129. The summed E-state index contributed by atoms with van der Waals surface area (Å²) < 4.78 is 0. The molecule has 1 atom stereocenters. The van der Waals surface area contributed by atoms with Crippen molar-refractivity contribution >= 4 is 35.8 Å². The largest absolute Gasteiger partial charge is 0.368 e. The van der Waals surface area contributed by atoms with E-state index in [-0.39, 0.29) is 5.91 Å². The molecule has 2 amide bonds. The maximum Gasteiger partial charge on any atom is 0.264 e. The van der Waals surface area contributed by atoms with Crippen LogP contribution in [0.5, 0.6) is 0 Å². The summed E-state index contributed by atoms with van der Waals surface area (Å²) in [4.78, 5) is 25.7. The number of carbonyl (C=O) groups excluding carboxylic acids is 2. The van der Waals surface area contributed by atoms with E-state index in [1.165, 1.54) is 16.2 Å². The third kappa shape index (κ3) is 1.87. The van der Waals surface area contributed by atoms with E-state index in [1.807, 2.05) is 0 Å². The van der Waals surface area contributed by atoms with E-state index in [9.17, 15) is 9.59 Å². The number of hydrogen-bond acceptors (Lipinski definition) is 4. The molecule has 1 aliphatic heterocycles. The molecule has 15 heavy (non-hydrogen) atoms. The van der Waals surface area contributed by atoms with Gasteiger partial charge in [-0.05, 0) is 12.5 Å². The number of nitrogens with two attached hydrogens (primary N) is 1. The summed E-state index contributed by atoms with van der Waals surface area (Å²) in [6.07, 6.45) is 0.667. The van der Waals surface area contributed by atoms with Gasteiger partial charge in [0.25, 0.3) is 5.91 Å². The van der Waals surface area contributed by atoms with Gasteiger partial charge in [0.15, 0.2) is 0 Å². The molecule has 0 aromatic carbocycles. The molecule has 0 saturated carbocycles. The van der Waals surface area contributed by atoms with Crippen LogP contribution < -0.4 is 5.73 Å². The van der Waals surface area contributed by atoms with Crippen LogP contribution in [0.2, 0.25) is 0 Å². The molecule has 80 valence electrons. The number of nitrogens with zero attached hydrogens (tertiary/aromatic N) is 1. The molecule has 1 aromatic rings. The highest BCUT2D eigenvalue weighted by Crippen LogP contribution is 2.24. The van der Waals surface area contributed by atoms with Gasteiger partial charge in [0.1, 0.15) is 6.04 Å². The van der Waals surface area contributed by atoms with Crippen molar-refractivity contribution in [2.45, 2.75) is 17.4 Å². The number of amides is 2. The van der Waals surface area contributed by atoms with Gasteiger partial charge in [0.05, 0.1) is 4.88 Å². The minimum Gasteiger partial charge on any atom is -0.368 e. The number of likely N-dealkylation sites (tertiary alicyclic amines) is 1. The van der Waals surface area contributed by atoms with E-state index in [4.69, 9.17) is 5.73 Å². The van der Waals surface area contributed by atoms with Crippen molar-refractivity contribution < 1.29 is 9.59 Å². The van der Waals surface area contributed by atoms with Crippen molar-refractivity contribution in [1.82, 2.24) is 4.90 Å². The molecule has 6 heteroatoms. The van der Waals surface area contributed by atoms with Crippen molar-refractivity contribution in [2.75, 3.05) is 6.54 Å². The summed E-state index contributed by atoms with van der Waals surface area (Å²) in [6.45, 7) is 0.603. The molecule has 1 fully saturated rings. The topological polar surface area (TPSA) is 63.4 Å². The Kier molecular flexibility index (Phi) is 2.70. The molecule has 1 saturated heterocycles. The number of hydrogen-bond donors (Lipinski definition) is 2. The molecule has 2 N–H and O–H groups in total. The zero-order valence-corrected chi connectivity index (χ0v) is 9.55. The quantitative estimate of drug-likeness (QED) is 0.751. The van der Waals surface area contributed by atoms with Gasteiger partial charge in [0.2, 0.25) is 5.91 Å². The second-order valence-corrected chi connectivity index (χ2v) is 4.80. The predicted molar refractivity (Wildman–Crippen MR) is 60.2 cm³/mol. The molecule has 1 aromatic heterocycles. The molecule has 0 bridgehead atoms. The van der Waals surface area contributed by atoms with E-state index in [0.29, 0.717) is 17.8 Å². The number of primary amides is 1. The molecule has 2 heterocycles. The van der Waals surface area contributed by atoms with Crippen LogP contribution >= 0.6 is 24.0 Å². The van der Waals surface area contributed by atoms with E-state index >= 15 is 0 Å². The smallest absolute Gasteiger partial charge is 0.264 e. The zero-order valence-electron chi connectivity index (χ0n) is 7.84. The fourth-order valence-electron chi connectivity index (χ4n) is 1.51. The van der Waals surface area contributed by atoms with Gasteiger partial charge in [-0.2, -0.15) is 0 Å². The van der Waals surface area contributed by atoms with Crippen LogP contribution in [0.15, 0.2) is 16.3 Å². The molecular weight excluding hydrogens is 232 g/mol. The van der Waals surface area contributed by atoms with Gasteiger partial charge in [-0.3, -0.25) is 9.59 Å². The monoisotopic (exact) mass is 242 g/mol. The number of rotatable bonds is 2. The van der Waals surface area contributed by atoms with Crippen molar-refractivity contribution in [2.24, 2.45) is 5.73 Å². The summed E-state index contributed by atoms with van der Waals surface area (Å²) in [5.41, 5.74) is 5.16. The predicted octanol–water partition coefficient (Wildman–Crippen LogP) is 0.737. The highest BCUT2D eigenvalue weighted by molar-refractivity contribution is 7.80. The van der Waals surface area contributed by atoms with E-state index in [0.717, 1.165) is 4.90 Å². The van der Waals surface area contributed by atoms with Crippen molar-refractivity contribution in [3.63, 3.8) is 0 Å². The summed E-state index contributed by atoms with van der Waals surface area (Å²) in [5.74, 6) is -0.562. The average Bonchev–Trinajstić information content (AvgIpc) is 2.48. The van der Waals surface area contributed by atoms with Crippen LogP contribution in [0.25, 0.3) is 0 Å². The Labute approximate surface area is 96.5 Å². The molecule has 0 radical (unpaired) electrons. The summed E-state index contributed by atoms with van der Waals surface area (Å²) in [5, 5.41) is 1.79. The van der Waals surface area contributed by atoms with Crippen molar-refractivity contribution in [3.05, 3.63) is 16.3 Å². The van der Waals surface area contributed by atoms with Gasteiger partial charge >= 0.3 is 0 Å². The second-order valence-electron chi connectivity index (χ2n) is 3.37. The average molecular weight is 242 g/mol. The Morgan fingerprint density at radius 3 is 2.73 bits per heavy atom. The van der Waals surface area contributed by atoms with Crippen LogP contribution in [-0.4, -0.2) is 29.3 Å². The molecule has 1 unspecified atom stereocenters. The third-order valence-corrected chi connectivity index (χ3v) is 3.76. The lowest BCUT2D eigenvalue weighted by atomic mass is 10.0. The first-order valence-corrected chi connectivity index (χ1v) is 5.80. The maximum atomic E-state index is 11.8. The highest BCUT2D eigenvalue weighted by atomic mass is 32.1. The Balaban J connectivity index is 2.12. The first kappa shape index (κ1) is 10.5. The number of carbonyl (C=O) groups is 2. The van der Waals surface area contributed by atoms with E-state index < -0.39 is 11.9 Å². The van der Waals surface area contributed by atoms with Crippen molar-refractivity contribution in [3.8, 4) is 0 Å². The molecule has 2 rings (SSSR count). The lowest BCUT2D eigenvalue weighted by Crippen LogP contribution is -2.57. The minimum atomic E-state index is -0.433. The van der Waals surface area contributed by atoms with Crippen molar-refractivity contribution in [1.29, 1.82) is 0 Å². The van der Waals surface area contributed by atoms with Crippen LogP contribution in [0.3, 0.4) is 0 Å². The Bertz CT molecular complexity index is 416. The number of thiol groups is 1. The van der Waals surface area contributed by atoms with Crippen LogP contribution in [0, 0.1) is 0 Å². The standard InChI is InChI=1S/C9H10N2O2S2/c10-8(12)6-1-2-11(6)9(13)7-3-5(14)4-15-7/h3-4,6,14H,1-2H2,(H2,10,12). The van der Waals surface area contributed by atoms with Gasteiger partial charge in [-0.25, -0.2) is 0 Å². The SMILES string of the molecule is NC(=O)C1CCN1C(=O)c1cc(S)cs1. The fraction of sp³-hybridized carbons (Fsp3) is 0.333. The number of thiophene rings is 1. The fourth-order valence-corrected chi connectivity index (χ4v) is 2.61. The molecule has 4 nitrogen and oxygen atoms in total. The van der Waals surface area contributed by atoms with Gasteiger partial charge in [-0.15, -0.1) is 24.0 Å². The Morgan fingerprint density at radius 1 is 1.60 bits per heavy atom. The van der Waals surface area contributed by atoms with Gasteiger partial charge < -0.3 is 10.6 Å². The first-order chi connectivity index (χ1) is 7.09. The molecule has 0 aliphatic carbocycles. The zero-order chi connectivity index (χ0) is 11.0. The van der Waals surface area contributed by atoms with Gasteiger partial charge in [-0.1, -0.05) is 0 Å². The van der Waals surface area contributed by atoms with E-state index in [1.54, 1.807) is 11.4 Å². The van der Waals surface area contributed by atoms with Crippen LogP contribution in [0.1, 0.15) is 16.1 Å². The second kappa shape index (κ2) is 3.86. The third-order valence-electron chi connectivity index (χ3n) is 2.41. The maximum absolute atomic E-state index is 11.8. The van der Waals surface area contributed by atoms with Gasteiger partial charge in [0, 0.05) is 16.8 Å². The highest BCUT2D eigenvalue weighted by Gasteiger charge is 2.36.